The van der Waals surface area contributed by atoms with E-state index in [1.54, 1.807) is 12.1 Å². The van der Waals surface area contributed by atoms with Gasteiger partial charge in [-0.05, 0) is 24.6 Å². The number of carbonyl (C=O) groups is 1. The summed E-state index contributed by atoms with van der Waals surface area (Å²) in [5.74, 6) is -0.373. The van der Waals surface area contributed by atoms with Crippen molar-refractivity contribution >= 4 is 11.7 Å². The zero-order valence-electron chi connectivity index (χ0n) is 9.09. The van der Waals surface area contributed by atoms with Crippen molar-refractivity contribution < 1.29 is 9.18 Å². The number of amides is 2. The molecule has 1 aliphatic heterocycles. The van der Waals surface area contributed by atoms with Crippen molar-refractivity contribution in [2.24, 2.45) is 0 Å². The molecule has 1 fully saturated rings. The van der Waals surface area contributed by atoms with Crippen LogP contribution in [0, 0.1) is 12.7 Å². The number of rotatable bonds is 1. The van der Waals surface area contributed by atoms with E-state index in [-0.39, 0.29) is 11.8 Å². The largest absolute Gasteiger partial charge is 0.326 e. The molecule has 0 aromatic heterocycles. The van der Waals surface area contributed by atoms with Gasteiger partial charge in [-0.3, -0.25) is 4.90 Å². The first kappa shape index (κ1) is 10.7. The lowest BCUT2D eigenvalue weighted by Crippen LogP contribution is -2.45. The number of hydrogen-bond acceptors (Lipinski definition) is 1. The molecule has 1 aromatic carbocycles. The highest BCUT2D eigenvalue weighted by molar-refractivity contribution is 5.94. The molecule has 0 atom stereocenters. The molecule has 3 nitrogen and oxygen atoms in total. The van der Waals surface area contributed by atoms with Crippen LogP contribution in [0.1, 0.15) is 12.0 Å². The van der Waals surface area contributed by atoms with E-state index in [1.165, 1.54) is 11.0 Å². The second-order valence-electron chi connectivity index (χ2n) is 3.89. The Kier molecular flexibility index (Phi) is 2.64. The van der Waals surface area contributed by atoms with E-state index < -0.39 is 0 Å². The van der Waals surface area contributed by atoms with Gasteiger partial charge in [-0.1, -0.05) is 12.6 Å². The zero-order valence-corrected chi connectivity index (χ0v) is 9.09. The molecule has 0 unspecified atom stereocenters. The number of nitrogens with one attached hydrogen (secondary N) is 1. The van der Waals surface area contributed by atoms with Crippen molar-refractivity contribution in [1.82, 2.24) is 5.32 Å². The first-order valence-corrected chi connectivity index (χ1v) is 5.10. The molecule has 16 heavy (non-hydrogen) atoms. The van der Waals surface area contributed by atoms with Gasteiger partial charge in [0.05, 0.1) is 5.69 Å². The minimum Gasteiger partial charge on any atom is -0.312 e. The molecule has 0 aliphatic carbocycles. The summed E-state index contributed by atoms with van der Waals surface area (Å²) in [6.45, 7) is 5.95. The SMILES string of the molecule is C=C1CCN(c2ccc(C)cc2F)C(=O)N1. The maximum absolute atomic E-state index is 13.7. The van der Waals surface area contributed by atoms with Crippen molar-refractivity contribution in [2.75, 3.05) is 11.4 Å². The average Bonchev–Trinajstić information content (AvgIpc) is 2.19. The Labute approximate surface area is 93.6 Å². The summed E-state index contributed by atoms with van der Waals surface area (Å²) in [7, 11) is 0. The Morgan fingerprint density at radius 3 is 2.88 bits per heavy atom. The minimum atomic E-state index is -0.373. The zero-order chi connectivity index (χ0) is 11.7. The van der Waals surface area contributed by atoms with Crippen molar-refractivity contribution in [2.45, 2.75) is 13.3 Å². The Balaban J connectivity index is 2.30. The second-order valence-corrected chi connectivity index (χ2v) is 3.89. The highest BCUT2D eigenvalue weighted by Crippen LogP contribution is 2.23. The fraction of sp³-hybridized carbons (Fsp3) is 0.250. The summed E-state index contributed by atoms with van der Waals surface area (Å²) in [6, 6.07) is 4.51. The predicted octanol–water partition coefficient (Wildman–Crippen LogP) is 2.57. The van der Waals surface area contributed by atoms with Crippen molar-refractivity contribution in [3.63, 3.8) is 0 Å². The topological polar surface area (TPSA) is 32.3 Å². The minimum absolute atomic E-state index is 0.315. The van der Waals surface area contributed by atoms with Gasteiger partial charge >= 0.3 is 6.03 Å². The van der Waals surface area contributed by atoms with Crippen LogP contribution in [0.4, 0.5) is 14.9 Å². The van der Waals surface area contributed by atoms with Gasteiger partial charge in [-0.25, -0.2) is 9.18 Å². The molecule has 2 rings (SSSR count). The van der Waals surface area contributed by atoms with Crippen LogP contribution in [0.3, 0.4) is 0 Å². The Hall–Kier alpha value is -1.84. The molecule has 1 N–H and O–H groups in total. The van der Waals surface area contributed by atoms with Crippen LogP contribution < -0.4 is 10.2 Å². The molecule has 2 amide bonds. The molecule has 1 aliphatic rings. The third kappa shape index (κ3) is 1.91. The molecule has 4 heteroatoms. The van der Waals surface area contributed by atoms with Crippen LogP contribution in [0.5, 0.6) is 0 Å². The molecule has 84 valence electrons. The Morgan fingerprint density at radius 2 is 2.25 bits per heavy atom. The van der Waals surface area contributed by atoms with Gasteiger partial charge in [0.15, 0.2) is 0 Å². The number of nitrogens with zero attached hydrogens (tertiary/aromatic N) is 1. The van der Waals surface area contributed by atoms with Crippen molar-refractivity contribution in [1.29, 1.82) is 0 Å². The number of benzene rings is 1. The first-order chi connectivity index (χ1) is 7.58. The van der Waals surface area contributed by atoms with Crippen LogP contribution in [-0.4, -0.2) is 12.6 Å². The Morgan fingerprint density at radius 1 is 1.50 bits per heavy atom. The molecular weight excluding hydrogens is 207 g/mol. The number of urea groups is 1. The molecule has 1 heterocycles. The number of aryl methyl sites for hydroxylation is 1. The van der Waals surface area contributed by atoms with Gasteiger partial charge in [0.2, 0.25) is 0 Å². The van der Waals surface area contributed by atoms with E-state index in [9.17, 15) is 9.18 Å². The number of carbonyl (C=O) groups excluding carboxylic acids is 1. The number of anilines is 1. The Bertz CT molecular complexity index is 456. The summed E-state index contributed by atoms with van der Waals surface area (Å²) >= 11 is 0. The second kappa shape index (κ2) is 3.96. The summed E-state index contributed by atoms with van der Waals surface area (Å²) < 4.78 is 13.7. The summed E-state index contributed by atoms with van der Waals surface area (Å²) in [5.41, 5.74) is 1.83. The maximum atomic E-state index is 13.7. The molecular formula is C12H13FN2O. The monoisotopic (exact) mass is 220 g/mol. The fourth-order valence-corrected chi connectivity index (χ4v) is 1.69. The summed E-state index contributed by atoms with van der Waals surface area (Å²) in [6.07, 6.45) is 0.638. The lowest BCUT2D eigenvalue weighted by Gasteiger charge is -2.28. The van der Waals surface area contributed by atoms with Crippen LogP contribution in [0.25, 0.3) is 0 Å². The predicted molar refractivity (Wildman–Crippen MR) is 60.8 cm³/mol. The summed E-state index contributed by atoms with van der Waals surface area (Å²) in [5, 5.41) is 2.60. The highest BCUT2D eigenvalue weighted by Gasteiger charge is 2.23. The normalized spacial score (nSPS) is 16.2. The molecule has 0 spiro atoms. The quantitative estimate of drug-likeness (QED) is 0.775. The highest BCUT2D eigenvalue weighted by atomic mass is 19.1. The lowest BCUT2D eigenvalue weighted by atomic mass is 10.2. The molecule has 0 saturated carbocycles. The van der Waals surface area contributed by atoms with Crippen molar-refractivity contribution in [3.8, 4) is 0 Å². The fourth-order valence-electron chi connectivity index (χ4n) is 1.69. The third-order valence-corrected chi connectivity index (χ3v) is 2.56. The van der Waals surface area contributed by atoms with Gasteiger partial charge in [0.1, 0.15) is 5.82 Å². The molecule has 0 radical (unpaired) electrons. The van der Waals surface area contributed by atoms with Crippen LogP contribution >= 0.6 is 0 Å². The van der Waals surface area contributed by atoms with Gasteiger partial charge in [0.25, 0.3) is 0 Å². The molecule has 1 saturated heterocycles. The van der Waals surface area contributed by atoms with Gasteiger partial charge in [-0.2, -0.15) is 0 Å². The van der Waals surface area contributed by atoms with E-state index in [1.807, 2.05) is 6.92 Å². The number of halogens is 1. The van der Waals surface area contributed by atoms with Crippen LogP contribution in [0.15, 0.2) is 30.5 Å². The van der Waals surface area contributed by atoms with E-state index in [0.29, 0.717) is 24.4 Å². The lowest BCUT2D eigenvalue weighted by molar-refractivity contribution is 0.246. The van der Waals surface area contributed by atoms with Crippen molar-refractivity contribution in [3.05, 3.63) is 41.9 Å². The van der Waals surface area contributed by atoms with Crippen LogP contribution in [-0.2, 0) is 0 Å². The third-order valence-electron chi connectivity index (χ3n) is 2.56. The first-order valence-electron chi connectivity index (χ1n) is 5.10. The van der Waals surface area contributed by atoms with Crippen LogP contribution in [0.2, 0.25) is 0 Å². The van der Waals surface area contributed by atoms with E-state index >= 15 is 0 Å². The smallest absolute Gasteiger partial charge is 0.312 e. The average molecular weight is 220 g/mol. The van der Waals surface area contributed by atoms with E-state index in [0.717, 1.165) is 5.56 Å². The molecule has 0 bridgehead atoms. The standard InChI is InChI=1S/C12H13FN2O/c1-8-3-4-11(10(13)7-8)15-6-5-9(2)14-12(15)16/h3-4,7H,2,5-6H2,1H3,(H,14,16). The van der Waals surface area contributed by atoms with Gasteiger partial charge in [0, 0.05) is 18.7 Å². The van der Waals surface area contributed by atoms with Gasteiger partial charge in [-0.15, -0.1) is 0 Å². The molecule has 1 aromatic rings. The maximum Gasteiger partial charge on any atom is 0.326 e. The summed E-state index contributed by atoms with van der Waals surface area (Å²) in [4.78, 5) is 13.0. The van der Waals surface area contributed by atoms with Gasteiger partial charge < -0.3 is 5.32 Å². The van der Waals surface area contributed by atoms with E-state index in [2.05, 4.69) is 11.9 Å². The van der Waals surface area contributed by atoms with E-state index in [4.69, 9.17) is 0 Å². The number of hydrogen-bond donors (Lipinski definition) is 1.